The van der Waals surface area contributed by atoms with Crippen molar-refractivity contribution < 1.29 is 14.3 Å². The maximum atomic E-state index is 13.2. The predicted octanol–water partition coefficient (Wildman–Crippen LogP) is 5.07. The number of carbonyl (C=O) groups excluding carboxylic acids is 2. The molecule has 0 aliphatic carbocycles. The smallest absolute Gasteiger partial charge is 0.224 e. The van der Waals surface area contributed by atoms with Gasteiger partial charge in [-0.15, -0.1) is 0 Å². The van der Waals surface area contributed by atoms with Crippen molar-refractivity contribution in [3.05, 3.63) is 23.8 Å². The molecule has 1 fully saturated rings. The molecule has 0 bridgehead atoms. The molecular formula is C26H43N3O3. The molecule has 2 rings (SSSR count). The van der Waals surface area contributed by atoms with Crippen LogP contribution in [-0.2, 0) is 20.9 Å². The normalized spacial score (nSPS) is 16.7. The fourth-order valence-corrected chi connectivity index (χ4v) is 3.97. The van der Waals surface area contributed by atoms with Crippen molar-refractivity contribution >= 4 is 23.2 Å². The Labute approximate surface area is 194 Å². The molecule has 1 aromatic rings. The molecule has 6 heteroatoms. The fourth-order valence-electron chi connectivity index (χ4n) is 3.97. The number of amides is 2. The van der Waals surface area contributed by atoms with Crippen LogP contribution < -0.4 is 10.2 Å². The van der Waals surface area contributed by atoms with Gasteiger partial charge in [-0.05, 0) is 47.4 Å². The molecule has 0 aromatic heterocycles. The number of ether oxygens (including phenoxy) is 1. The molecule has 1 N–H and O–H groups in total. The van der Waals surface area contributed by atoms with E-state index in [-0.39, 0.29) is 28.7 Å². The number of hydrogen-bond acceptors (Lipinski definition) is 4. The molecular weight excluding hydrogens is 402 g/mol. The van der Waals surface area contributed by atoms with E-state index in [9.17, 15) is 9.59 Å². The summed E-state index contributed by atoms with van der Waals surface area (Å²) in [6, 6.07) is 5.95. The Bertz CT molecular complexity index is 784. The number of carbonyl (C=O) groups is 2. The number of rotatable bonds is 8. The van der Waals surface area contributed by atoms with Crippen LogP contribution in [0.5, 0.6) is 0 Å². The monoisotopic (exact) mass is 445 g/mol. The Morgan fingerprint density at radius 3 is 2.25 bits per heavy atom. The van der Waals surface area contributed by atoms with Gasteiger partial charge in [0.05, 0.1) is 6.10 Å². The topological polar surface area (TPSA) is 61.9 Å². The van der Waals surface area contributed by atoms with Gasteiger partial charge in [0.25, 0.3) is 0 Å². The third kappa shape index (κ3) is 8.81. The van der Waals surface area contributed by atoms with Crippen molar-refractivity contribution in [2.24, 2.45) is 10.8 Å². The molecule has 1 aromatic carbocycles. The molecule has 0 spiro atoms. The first-order valence-electron chi connectivity index (χ1n) is 11.7. The van der Waals surface area contributed by atoms with Gasteiger partial charge in [-0.3, -0.25) is 9.59 Å². The van der Waals surface area contributed by atoms with E-state index in [4.69, 9.17) is 4.74 Å². The maximum Gasteiger partial charge on any atom is 0.224 e. The van der Waals surface area contributed by atoms with Crippen molar-refractivity contribution in [3.8, 4) is 0 Å². The van der Waals surface area contributed by atoms with Gasteiger partial charge in [0.1, 0.15) is 0 Å². The second-order valence-electron chi connectivity index (χ2n) is 11.7. The highest BCUT2D eigenvalue weighted by Gasteiger charge is 2.27. The Hall–Kier alpha value is -2.08. The highest BCUT2D eigenvalue weighted by atomic mass is 16.5. The SMILES string of the molecule is CN(C)c1ccc(NC(=O)CC(C)(C)C)cc1CN(C[C@@H]1CCCO1)C(=O)CC(C)(C)C. The van der Waals surface area contributed by atoms with Crippen molar-refractivity contribution in [2.75, 3.05) is 37.5 Å². The standard InChI is InChI=1S/C26H43N3O3/c1-25(2,3)15-23(30)27-20-11-12-22(28(7)8)19(14-20)17-29(18-21-10-9-13-32-21)24(31)16-26(4,5)6/h11-12,14,21H,9-10,13,15-18H2,1-8H3,(H,27,30)/t21-/m0/s1. The highest BCUT2D eigenvalue weighted by Crippen LogP contribution is 2.28. The number of anilines is 2. The molecule has 0 unspecified atom stereocenters. The Balaban J connectivity index is 2.28. The van der Waals surface area contributed by atoms with Crippen molar-refractivity contribution in [2.45, 2.75) is 79.9 Å². The van der Waals surface area contributed by atoms with Gasteiger partial charge in [0, 0.05) is 58.0 Å². The molecule has 6 nitrogen and oxygen atoms in total. The summed E-state index contributed by atoms with van der Waals surface area (Å²) in [5.41, 5.74) is 2.66. The van der Waals surface area contributed by atoms with Crippen molar-refractivity contribution in [1.29, 1.82) is 0 Å². The minimum absolute atomic E-state index is 0.000994. The van der Waals surface area contributed by atoms with Crippen LogP contribution in [0.25, 0.3) is 0 Å². The van der Waals surface area contributed by atoms with E-state index >= 15 is 0 Å². The fraction of sp³-hybridized carbons (Fsp3) is 0.692. The summed E-state index contributed by atoms with van der Waals surface area (Å²) in [6.07, 6.45) is 3.07. The first kappa shape index (κ1) is 26.2. The van der Waals surface area contributed by atoms with Gasteiger partial charge in [0.15, 0.2) is 0 Å². The van der Waals surface area contributed by atoms with Gasteiger partial charge in [0.2, 0.25) is 11.8 Å². The summed E-state index contributed by atoms with van der Waals surface area (Å²) in [7, 11) is 4.00. The number of benzene rings is 1. The van der Waals surface area contributed by atoms with Gasteiger partial charge < -0.3 is 19.9 Å². The molecule has 1 aliphatic rings. The summed E-state index contributed by atoms with van der Waals surface area (Å²) in [5.74, 6) is 0.140. The average Bonchev–Trinajstić information content (AvgIpc) is 3.11. The van der Waals surface area contributed by atoms with E-state index in [2.05, 4.69) is 51.8 Å². The van der Waals surface area contributed by atoms with Gasteiger partial charge in [-0.25, -0.2) is 0 Å². The second-order valence-corrected chi connectivity index (χ2v) is 11.7. The lowest BCUT2D eigenvalue weighted by atomic mass is 9.91. The lowest BCUT2D eigenvalue weighted by Crippen LogP contribution is -2.38. The molecule has 180 valence electrons. The van der Waals surface area contributed by atoms with E-state index in [1.807, 2.05) is 37.2 Å². The minimum atomic E-state index is -0.0843. The lowest BCUT2D eigenvalue weighted by molar-refractivity contribution is -0.135. The average molecular weight is 446 g/mol. The van der Waals surface area contributed by atoms with Crippen molar-refractivity contribution in [3.63, 3.8) is 0 Å². The first-order chi connectivity index (χ1) is 14.7. The lowest BCUT2D eigenvalue weighted by Gasteiger charge is -2.30. The summed E-state index contributed by atoms with van der Waals surface area (Å²) in [5, 5.41) is 3.03. The third-order valence-corrected chi connectivity index (χ3v) is 5.38. The molecule has 0 radical (unpaired) electrons. The van der Waals surface area contributed by atoms with Crippen LogP contribution in [0, 0.1) is 10.8 Å². The zero-order valence-corrected chi connectivity index (χ0v) is 21.4. The molecule has 32 heavy (non-hydrogen) atoms. The minimum Gasteiger partial charge on any atom is -0.377 e. The summed E-state index contributed by atoms with van der Waals surface area (Å²) >= 11 is 0. The highest BCUT2D eigenvalue weighted by molar-refractivity contribution is 5.91. The van der Waals surface area contributed by atoms with Gasteiger partial charge >= 0.3 is 0 Å². The van der Waals surface area contributed by atoms with Crippen molar-refractivity contribution in [1.82, 2.24) is 4.90 Å². The largest absolute Gasteiger partial charge is 0.377 e. The molecule has 1 atom stereocenters. The number of nitrogens with zero attached hydrogens (tertiary/aromatic N) is 2. The Morgan fingerprint density at radius 2 is 1.72 bits per heavy atom. The molecule has 1 heterocycles. The van der Waals surface area contributed by atoms with Crippen LogP contribution >= 0.6 is 0 Å². The van der Waals surface area contributed by atoms with Crippen LogP contribution in [0.2, 0.25) is 0 Å². The summed E-state index contributed by atoms with van der Waals surface area (Å²) in [4.78, 5) is 29.7. The van der Waals surface area contributed by atoms with Crippen LogP contribution in [0.1, 0.15) is 72.8 Å². The van der Waals surface area contributed by atoms with E-state index in [0.29, 0.717) is 25.9 Å². The van der Waals surface area contributed by atoms with E-state index in [1.54, 1.807) is 0 Å². The maximum absolute atomic E-state index is 13.2. The molecule has 2 amide bonds. The molecule has 1 saturated heterocycles. The van der Waals surface area contributed by atoms with Gasteiger partial charge in [-0.2, -0.15) is 0 Å². The van der Waals surface area contributed by atoms with Crippen LogP contribution in [0.3, 0.4) is 0 Å². The number of hydrogen-bond donors (Lipinski definition) is 1. The second kappa shape index (κ2) is 10.7. The zero-order chi connectivity index (χ0) is 24.1. The van der Waals surface area contributed by atoms with E-state index < -0.39 is 0 Å². The third-order valence-electron chi connectivity index (χ3n) is 5.38. The van der Waals surface area contributed by atoms with E-state index in [0.717, 1.165) is 36.4 Å². The predicted molar refractivity (Wildman–Crippen MR) is 132 cm³/mol. The first-order valence-corrected chi connectivity index (χ1v) is 11.7. The quantitative estimate of drug-likeness (QED) is 0.607. The van der Waals surface area contributed by atoms with E-state index in [1.165, 1.54) is 0 Å². The van der Waals surface area contributed by atoms with Crippen LogP contribution in [0.4, 0.5) is 11.4 Å². The zero-order valence-electron chi connectivity index (χ0n) is 21.4. The van der Waals surface area contributed by atoms with Crippen LogP contribution in [-0.4, -0.2) is 50.1 Å². The Morgan fingerprint density at radius 1 is 1.06 bits per heavy atom. The van der Waals surface area contributed by atoms with Gasteiger partial charge in [-0.1, -0.05) is 41.5 Å². The number of nitrogens with one attached hydrogen (secondary N) is 1. The summed E-state index contributed by atoms with van der Waals surface area (Å²) in [6.45, 7) is 14.3. The summed E-state index contributed by atoms with van der Waals surface area (Å²) < 4.78 is 5.84. The molecule has 0 saturated carbocycles. The molecule has 1 aliphatic heterocycles. The Kier molecular flexibility index (Phi) is 8.74. The van der Waals surface area contributed by atoms with Crippen LogP contribution in [0.15, 0.2) is 18.2 Å².